The van der Waals surface area contributed by atoms with Gasteiger partial charge in [-0.1, -0.05) is 25.1 Å². The van der Waals surface area contributed by atoms with Gasteiger partial charge >= 0.3 is 0 Å². The van der Waals surface area contributed by atoms with E-state index >= 15 is 0 Å². The number of hydrogen-bond donors (Lipinski definition) is 1. The molecular weight excluding hydrogens is 353 g/mol. The van der Waals surface area contributed by atoms with Crippen molar-refractivity contribution in [2.45, 2.75) is 25.8 Å². The Bertz CT molecular complexity index is 1020. The number of nitrogens with zero attached hydrogens (tertiary/aromatic N) is 2. The van der Waals surface area contributed by atoms with Gasteiger partial charge in [-0.05, 0) is 67.9 Å². The van der Waals surface area contributed by atoms with Crippen LogP contribution in [0.1, 0.15) is 35.3 Å². The Balaban J connectivity index is 1.86. The van der Waals surface area contributed by atoms with Gasteiger partial charge in [0, 0.05) is 23.1 Å². The third-order valence-corrected chi connectivity index (χ3v) is 5.54. The van der Waals surface area contributed by atoms with Crippen molar-refractivity contribution in [3.63, 3.8) is 0 Å². The van der Waals surface area contributed by atoms with Gasteiger partial charge in [0.15, 0.2) is 0 Å². The monoisotopic (exact) mass is 379 g/mol. The molecule has 2 heterocycles. The molecule has 4 rings (SSSR count). The van der Waals surface area contributed by atoms with Crippen LogP contribution in [0.5, 0.6) is 0 Å². The fourth-order valence-corrected chi connectivity index (χ4v) is 4.21. The zero-order chi connectivity index (χ0) is 19.8. The highest BCUT2D eigenvalue weighted by Gasteiger charge is 2.34. The molecule has 0 saturated heterocycles. The molecule has 1 aliphatic rings. The van der Waals surface area contributed by atoms with Crippen LogP contribution in [0.3, 0.4) is 0 Å². The lowest BCUT2D eigenvalue weighted by atomic mass is 9.91. The summed E-state index contributed by atoms with van der Waals surface area (Å²) in [5.41, 5.74) is 5.42. The molecule has 0 saturated carbocycles. The standard InChI is InChI=1S/C23H26FN3O/c1-4-15-8-9-20-19(12-15)18-10-11-27(21(28)14-26(2)3)23(22(18)25-20)16-6-5-7-17(24)13-16/h5-9,12-13,23,25H,4,10-11,14H2,1-3H3. The Hall–Kier alpha value is -2.66. The number of halogens is 1. The lowest BCUT2D eigenvalue weighted by molar-refractivity contribution is -0.134. The number of hydrogen-bond acceptors (Lipinski definition) is 2. The van der Waals surface area contributed by atoms with Crippen LogP contribution < -0.4 is 0 Å². The first kappa shape index (κ1) is 18.7. The van der Waals surface area contributed by atoms with Crippen molar-refractivity contribution in [1.29, 1.82) is 0 Å². The van der Waals surface area contributed by atoms with Crippen LogP contribution in [0, 0.1) is 5.82 Å². The highest BCUT2D eigenvalue weighted by molar-refractivity contribution is 5.87. The van der Waals surface area contributed by atoms with Gasteiger partial charge in [0.25, 0.3) is 0 Å². The molecule has 0 bridgehead atoms. The minimum absolute atomic E-state index is 0.0535. The molecule has 3 aromatic rings. The fraction of sp³-hybridized carbons (Fsp3) is 0.348. The van der Waals surface area contributed by atoms with Gasteiger partial charge in [-0.3, -0.25) is 4.79 Å². The number of rotatable bonds is 4. The van der Waals surface area contributed by atoms with Gasteiger partial charge in [0.2, 0.25) is 5.91 Å². The van der Waals surface area contributed by atoms with Gasteiger partial charge < -0.3 is 14.8 Å². The Kier molecular flexibility index (Phi) is 4.94. The highest BCUT2D eigenvalue weighted by atomic mass is 19.1. The third-order valence-electron chi connectivity index (χ3n) is 5.54. The largest absolute Gasteiger partial charge is 0.356 e. The maximum atomic E-state index is 14.0. The van der Waals surface area contributed by atoms with Crippen LogP contribution in [0.15, 0.2) is 42.5 Å². The normalized spacial score (nSPS) is 16.6. The van der Waals surface area contributed by atoms with Gasteiger partial charge in [-0.15, -0.1) is 0 Å². The quantitative estimate of drug-likeness (QED) is 0.747. The second-order valence-electron chi connectivity index (χ2n) is 7.78. The van der Waals surface area contributed by atoms with Crippen LogP contribution in [0.4, 0.5) is 4.39 Å². The zero-order valence-corrected chi connectivity index (χ0v) is 16.6. The molecule has 5 heteroatoms. The molecule has 4 nitrogen and oxygen atoms in total. The van der Waals surface area contributed by atoms with E-state index in [0.717, 1.165) is 29.6 Å². The zero-order valence-electron chi connectivity index (χ0n) is 16.6. The van der Waals surface area contributed by atoms with Gasteiger partial charge in [0.05, 0.1) is 12.6 Å². The average molecular weight is 379 g/mol. The molecule has 0 spiro atoms. The van der Waals surface area contributed by atoms with E-state index in [1.54, 1.807) is 12.1 Å². The molecule has 146 valence electrons. The van der Waals surface area contributed by atoms with E-state index in [9.17, 15) is 9.18 Å². The topological polar surface area (TPSA) is 39.3 Å². The van der Waals surface area contributed by atoms with Gasteiger partial charge in [-0.25, -0.2) is 4.39 Å². The molecule has 2 aromatic carbocycles. The summed E-state index contributed by atoms with van der Waals surface area (Å²) < 4.78 is 14.0. The molecule has 28 heavy (non-hydrogen) atoms. The molecule has 1 aromatic heterocycles. The summed E-state index contributed by atoms with van der Waals surface area (Å²) in [7, 11) is 3.78. The number of carbonyl (C=O) groups excluding carboxylic acids is 1. The lowest BCUT2D eigenvalue weighted by Crippen LogP contribution is -2.44. The lowest BCUT2D eigenvalue weighted by Gasteiger charge is -2.37. The van der Waals surface area contributed by atoms with Crippen molar-refractivity contribution < 1.29 is 9.18 Å². The Morgan fingerprint density at radius 3 is 2.79 bits per heavy atom. The number of likely N-dealkylation sites (N-methyl/N-ethyl adjacent to an activating group) is 1. The van der Waals surface area contributed by atoms with Crippen molar-refractivity contribution in [3.8, 4) is 0 Å². The maximum Gasteiger partial charge on any atom is 0.237 e. The minimum Gasteiger partial charge on any atom is -0.356 e. The number of aromatic nitrogens is 1. The summed E-state index contributed by atoms with van der Waals surface area (Å²) in [4.78, 5) is 20.3. The SMILES string of the molecule is CCc1ccc2[nH]c3c(c2c1)CCN(C(=O)CN(C)C)C3c1cccc(F)c1. The minimum atomic E-state index is -0.302. The predicted molar refractivity (Wildman–Crippen MR) is 110 cm³/mol. The molecule has 0 radical (unpaired) electrons. The van der Waals surface area contributed by atoms with E-state index in [1.165, 1.54) is 22.6 Å². The number of carbonyl (C=O) groups is 1. The molecule has 1 atom stereocenters. The van der Waals surface area contributed by atoms with E-state index in [2.05, 4.69) is 30.1 Å². The molecular formula is C23H26FN3O. The summed E-state index contributed by atoms with van der Waals surface area (Å²) in [6.45, 7) is 3.11. The number of H-pyrrole nitrogens is 1. The summed E-state index contributed by atoms with van der Waals surface area (Å²) in [6, 6.07) is 12.8. The molecule has 1 N–H and O–H groups in total. The van der Waals surface area contributed by atoms with Gasteiger partial charge in [-0.2, -0.15) is 0 Å². The number of aromatic amines is 1. The van der Waals surface area contributed by atoms with E-state index in [0.29, 0.717) is 13.1 Å². The van der Waals surface area contributed by atoms with Crippen LogP contribution in [-0.2, 0) is 17.6 Å². The number of amides is 1. The summed E-state index contributed by atoms with van der Waals surface area (Å²) in [5.74, 6) is -0.230. The molecule has 1 aliphatic heterocycles. The second-order valence-corrected chi connectivity index (χ2v) is 7.78. The molecule has 0 aliphatic carbocycles. The molecule has 0 fully saturated rings. The fourth-order valence-electron chi connectivity index (χ4n) is 4.21. The van der Waals surface area contributed by atoms with E-state index in [-0.39, 0.29) is 17.8 Å². The van der Waals surface area contributed by atoms with Gasteiger partial charge in [0.1, 0.15) is 5.82 Å². The number of nitrogens with one attached hydrogen (secondary N) is 1. The Morgan fingerprint density at radius 1 is 1.25 bits per heavy atom. The van der Waals surface area contributed by atoms with Crippen LogP contribution in [-0.4, -0.2) is 47.9 Å². The Morgan fingerprint density at radius 2 is 2.07 bits per heavy atom. The average Bonchev–Trinajstić information content (AvgIpc) is 3.04. The highest BCUT2D eigenvalue weighted by Crippen LogP contribution is 2.39. The van der Waals surface area contributed by atoms with Crippen LogP contribution in [0.25, 0.3) is 10.9 Å². The predicted octanol–water partition coefficient (Wildman–Crippen LogP) is 3.91. The summed E-state index contributed by atoms with van der Waals surface area (Å²) in [6.07, 6.45) is 1.78. The van der Waals surface area contributed by atoms with E-state index in [1.807, 2.05) is 30.0 Å². The van der Waals surface area contributed by atoms with Crippen molar-refractivity contribution in [1.82, 2.24) is 14.8 Å². The number of benzene rings is 2. The van der Waals surface area contributed by atoms with Crippen LogP contribution >= 0.6 is 0 Å². The van der Waals surface area contributed by atoms with Crippen molar-refractivity contribution >= 4 is 16.8 Å². The first-order valence-corrected chi connectivity index (χ1v) is 9.81. The van der Waals surface area contributed by atoms with Crippen molar-refractivity contribution in [3.05, 3.63) is 70.7 Å². The summed E-state index contributed by atoms with van der Waals surface area (Å²) >= 11 is 0. The number of aryl methyl sites for hydroxylation is 1. The first-order chi connectivity index (χ1) is 13.5. The van der Waals surface area contributed by atoms with E-state index < -0.39 is 0 Å². The third kappa shape index (κ3) is 3.31. The Labute approximate surface area is 165 Å². The van der Waals surface area contributed by atoms with Crippen LogP contribution in [0.2, 0.25) is 0 Å². The number of fused-ring (bicyclic) bond motifs is 3. The molecule has 1 unspecified atom stereocenters. The maximum absolute atomic E-state index is 14.0. The summed E-state index contributed by atoms with van der Waals surface area (Å²) in [5, 5.41) is 1.22. The molecule has 1 amide bonds. The smallest absolute Gasteiger partial charge is 0.237 e. The van der Waals surface area contributed by atoms with Crippen molar-refractivity contribution in [2.75, 3.05) is 27.2 Å². The second kappa shape index (κ2) is 7.40. The van der Waals surface area contributed by atoms with E-state index in [4.69, 9.17) is 0 Å². The van der Waals surface area contributed by atoms with Crippen molar-refractivity contribution in [2.24, 2.45) is 0 Å². The first-order valence-electron chi connectivity index (χ1n) is 9.81.